The highest BCUT2D eigenvalue weighted by Gasteiger charge is 2.40. The molecule has 0 bridgehead atoms. The molecule has 2 atom stereocenters. The minimum atomic E-state index is 0.256. The zero-order valence-corrected chi connectivity index (χ0v) is 11.1. The third-order valence-electron chi connectivity index (χ3n) is 3.93. The van der Waals surface area contributed by atoms with Gasteiger partial charge in [-0.3, -0.25) is 0 Å². The van der Waals surface area contributed by atoms with Crippen LogP contribution in [0.5, 0.6) is 0 Å². The van der Waals surface area contributed by atoms with Gasteiger partial charge in [0.15, 0.2) is 0 Å². The third kappa shape index (κ3) is 3.14. The van der Waals surface area contributed by atoms with Gasteiger partial charge in [0.1, 0.15) is 0 Å². The van der Waals surface area contributed by atoms with Crippen molar-refractivity contribution in [3.8, 4) is 0 Å². The van der Waals surface area contributed by atoms with Gasteiger partial charge in [0.2, 0.25) is 0 Å². The van der Waals surface area contributed by atoms with Crippen molar-refractivity contribution in [2.75, 3.05) is 12.4 Å². The lowest BCUT2D eigenvalue weighted by molar-refractivity contribution is -0.0555. The van der Waals surface area contributed by atoms with Crippen LogP contribution in [-0.4, -0.2) is 34.4 Å². The minimum Gasteiger partial charge on any atom is -0.395 e. The van der Waals surface area contributed by atoms with Gasteiger partial charge in [0.25, 0.3) is 0 Å². The molecular weight excluding hydrogens is 220 g/mol. The molecule has 0 aromatic heterocycles. The SMILES string of the molecule is CC(CO)SCC1CCC2(CCCCC2)O1. The molecular formula is C13H24O2S. The molecule has 2 rings (SSSR count). The molecule has 2 nitrogen and oxygen atoms in total. The molecule has 1 aliphatic carbocycles. The normalized spacial score (nSPS) is 30.8. The quantitative estimate of drug-likeness (QED) is 0.824. The largest absolute Gasteiger partial charge is 0.395 e. The van der Waals surface area contributed by atoms with E-state index in [4.69, 9.17) is 9.84 Å². The molecule has 2 aliphatic rings. The average molecular weight is 244 g/mol. The fourth-order valence-electron chi connectivity index (χ4n) is 2.90. The first-order valence-corrected chi connectivity index (χ1v) is 7.69. The van der Waals surface area contributed by atoms with E-state index in [0.29, 0.717) is 11.4 Å². The first-order valence-electron chi connectivity index (χ1n) is 6.64. The summed E-state index contributed by atoms with van der Waals surface area (Å²) in [5.74, 6) is 1.06. The second kappa shape index (κ2) is 5.74. The van der Waals surface area contributed by atoms with Gasteiger partial charge in [0, 0.05) is 11.0 Å². The first-order chi connectivity index (χ1) is 7.74. The number of thioether (sulfide) groups is 1. The van der Waals surface area contributed by atoms with Gasteiger partial charge < -0.3 is 9.84 Å². The molecule has 1 saturated heterocycles. The van der Waals surface area contributed by atoms with E-state index >= 15 is 0 Å². The van der Waals surface area contributed by atoms with Crippen LogP contribution >= 0.6 is 11.8 Å². The molecule has 3 heteroatoms. The van der Waals surface area contributed by atoms with Crippen molar-refractivity contribution in [3.63, 3.8) is 0 Å². The summed E-state index contributed by atoms with van der Waals surface area (Å²) in [5.41, 5.74) is 0.256. The number of aliphatic hydroxyl groups is 1. The molecule has 1 saturated carbocycles. The summed E-state index contributed by atoms with van der Waals surface area (Å²) in [7, 11) is 0. The van der Waals surface area contributed by atoms with Crippen molar-refractivity contribution >= 4 is 11.8 Å². The van der Waals surface area contributed by atoms with Crippen molar-refractivity contribution in [1.82, 2.24) is 0 Å². The second-order valence-corrected chi connectivity index (χ2v) is 6.82. The van der Waals surface area contributed by atoms with Crippen LogP contribution in [0.1, 0.15) is 51.9 Å². The van der Waals surface area contributed by atoms with Crippen LogP contribution in [0.4, 0.5) is 0 Å². The summed E-state index contributed by atoms with van der Waals surface area (Å²) in [5, 5.41) is 9.34. The Hall–Kier alpha value is 0.270. The van der Waals surface area contributed by atoms with E-state index in [1.54, 1.807) is 0 Å². The molecule has 1 aliphatic heterocycles. The predicted octanol–water partition coefficient (Wildman–Crippen LogP) is 2.98. The number of ether oxygens (including phenoxy) is 1. The Labute approximate surface area is 103 Å². The van der Waals surface area contributed by atoms with E-state index in [1.807, 2.05) is 11.8 Å². The molecule has 2 unspecified atom stereocenters. The number of rotatable bonds is 4. The average Bonchev–Trinajstić information content (AvgIpc) is 2.70. The van der Waals surface area contributed by atoms with E-state index in [0.717, 1.165) is 5.75 Å². The minimum absolute atomic E-state index is 0.256. The molecule has 1 spiro atoms. The van der Waals surface area contributed by atoms with Crippen molar-refractivity contribution < 1.29 is 9.84 Å². The van der Waals surface area contributed by atoms with Crippen LogP contribution < -0.4 is 0 Å². The molecule has 0 aromatic rings. The van der Waals surface area contributed by atoms with E-state index < -0.39 is 0 Å². The summed E-state index contributed by atoms with van der Waals surface area (Å²) in [6.07, 6.45) is 9.60. The topological polar surface area (TPSA) is 29.5 Å². The molecule has 2 fully saturated rings. The van der Waals surface area contributed by atoms with Gasteiger partial charge in [-0.2, -0.15) is 11.8 Å². The fraction of sp³-hybridized carbons (Fsp3) is 1.00. The lowest BCUT2D eigenvalue weighted by Crippen LogP contribution is -2.32. The van der Waals surface area contributed by atoms with Crippen LogP contribution in [0, 0.1) is 0 Å². The Kier molecular flexibility index (Phi) is 4.57. The van der Waals surface area contributed by atoms with Crippen molar-refractivity contribution in [1.29, 1.82) is 0 Å². The van der Waals surface area contributed by atoms with Gasteiger partial charge in [-0.1, -0.05) is 26.2 Å². The lowest BCUT2D eigenvalue weighted by Gasteiger charge is -2.33. The Morgan fingerprint density at radius 1 is 1.31 bits per heavy atom. The smallest absolute Gasteiger partial charge is 0.0687 e. The summed E-state index contributed by atoms with van der Waals surface area (Å²) >= 11 is 1.85. The van der Waals surface area contributed by atoms with Gasteiger partial charge >= 0.3 is 0 Å². The summed E-state index contributed by atoms with van der Waals surface area (Å²) in [6.45, 7) is 2.36. The Morgan fingerprint density at radius 2 is 2.06 bits per heavy atom. The molecule has 1 heterocycles. The van der Waals surface area contributed by atoms with Crippen LogP contribution in [0.15, 0.2) is 0 Å². The van der Waals surface area contributed by atoms with Gasteiger partial charge in [-0.15, -0.1) is 0 Å². The maximum absolute atomic E-state index is 8.99. The fourth-order valence-corrected chi connectivity index (χ4v) is 3.78. The Bertz CT molecular complexity index is 214. The number of hydrogen-bond donors (Lipinski definition) is 1. The van der Waals surface area contributed by atoms with Crippen LogP contribution in [0.25, 0.3) is 0 Å². The monoisotopic (exact) mass is 244 g/mol. The highest BCUT2D eigenvalue weighted by atomic mass is 32.2. The van der Waals surface area contributed by atoms with E-state index in [9.17, 15) is 0 Å². The van der Waals surface area contributed by atoms with E-state index in [2.05, 4.69) is 6.92 Å². The molecule has 94 valence electrons. The zero-order chi connectivity index (χ0) is 11.4. The summed E-state index contributed by atoms with van der Waals surface area (Å²) in [6, 6.07) is 0. The highest BCUT2D eigenvalue weighted by Crippen LogP contribution is 2.42. The highest BCUT2D eigenvalue weighted by molar-refractivity contribution is 7.99. The van der Waals surface area contributed by atoms with Gasteiger partial charge in [-0.05, 0) is 25.7 Å². The van der Waals surface area contributed by atoms with Crippen LogP contribution in [0.3, 0.4) is 0 Å². The number of aliphatic hydroxyl groups excluding tert-OH is 1. The number of hydrogen-bond acceptors (Lipinski definition) is 3. The predicted molar refractivity (Wildman–Crippen MR) is 68.9 cm³/mol. The van der Waals surface area contributed by atoms with Gasteiger partial charge in [0.05, 0.1) is 18.3 Å². The zero-order valence-electron chi connectivity index (χ0n) is 10.3. The van der Waals surface area contributed by atoms with Crippen molar-refractivity contribution in [3.05, 3.63) is 0 Å². The molecule has 1 N–H and O–H groups in total. The molecule has 0 aromatic carbocycles. The van der Waals surface area contributed by atoms with E-state index in [1.165, 1.54) is 44.9 Å². The molecule has 0 amide bonds. The van der Waals surface area contributed by atoms with Crippen molar-refractivity contribution in [2.24, 2.45) is 0 Å². The Balaban J connectivity index is 1.74. The summed E-state index contributed by atoms with van der Waals surface area (Å²) < 4.78 is 6.28. The van der Waals surface area contributed by atoms with E-state index in [-0.39, 0.29) is 12.2 Å². The summed E-state index contributed by atoms with van der Waals surface area (Å²) in [4.78, 5) is 0. The lowest BCUT2D eigenvalue weighted by atomic mass is 9.83. The molecule has 16 heavy (non-hydrogen) atoms. The third-order valence-corrected chi connectivity index (χ3v) is 5.21. The second-order valence-electron chi connectivity index (χ2n) is 5.35. The maximum atomic E-state index is 8.99. The first kappa shape index (κ1) is 12.7. The maximum Gasteiger partial charge on any atom is 0.0687 e. The Morgan fingerprint density at radius 3 is 2.75 bits per heavy atom. The van der Waals surface area contributed by atoms with Gasteiger partial charge in [-0.25, -0.2) is 0 Å². The van der Waals surface area contributed by atoms with Crippen LogP contribution in [-0.2, 0) is 4.74 Å². The van der Waals surface area contributed by atoms with Crippen molar-refractivity contribution in [2.45, 2.75) is 68.8 Å². The van der Waals surface area contributed by atoms with Crippen LogP contribution in [0.2, 0.25) is 0 Å². The standard InChI is InChI=1S/C13H24O2S/c1-11(9-14)16-10-12-5-8-13(15-12)6-3-2-4-7-13/h11-12,14H,2-10H2,1H3. The molecule has 0 radical (unpaired) electrons.